The van der Waals surface area contributed by atoms with E-state index in [4.69, 9.17) is 19.9 Å². The highest BCUT2D eigenvalue weighted by Crippen LogP contribution is 2.60. The van der Waals surface area contributed by atoms with Gasteiger partial charge in [0.1, 0.15) is 0 Å². The summed E-state index contributed by atoms with van der Waals surface area (Å²) in [6.45, 7) is 44.7. The Hall–Kier alpha value is -0.319. The summed E-state index contributed by atoms with van der Waals surface area (Å²) < 4.78 is 34.7. The third-order valence-electron chi connectivity index (χ3n) is 14.7. The smallest absolute Gasteiger partial charge is 0.192 e. The molecule has 0 aromatic rings. The van der Waals surface area contributed by atoms with Crippen molar-refractivity contribution in [3.05, 3.63) is 35.5 Å². The maximum atomic E-state index is 13.5. The molecule has 0 heterocycles. The van der Waals surface area contributed by atoms with E-state index in [0.717, 1.165) is 43.1 Å². The van der Waals surface area contributed by atoms with Crippen molar-refractivity contribution >= 4 is 25.0 Å². The van der Waals surface area contributed by atoms with Gasteiger partial charge in [0.05, 0.1) is 24.5 Å². The summed E-state index contributed by atoms with van der Waals surface area (Å²) in [6.07, 6.45) is 18.4. The molecule has 308 valence electrons. The van der Waals surface area contributed by atoms with E-state index in [1.807, 2.05) is 0 Å². The average molecular weight is 791 g/mol. The molecule has 0 aromatic carbocycles. The van der Waals surface area contributed by atoms with Gasteiger partial charge in [0.2, 0.25) is 0 Å². The lowest BCUT2D eigenvalue weighted by molar-refractivity contribution is 0.0250. The van der Waals surface area contributed by atoms with Crippen LogP contribution in [0.25, 0.3) is 0 Å². The van der Waals surface area contributed by atoms with Crippen molar-refractivity contribution in [2.24, 2.45) is 29.1 Å². The second kappa shape index (κ2) is 17.7. The second-order valence-electron chi connectivity index (χ2n) is 22.7. The predicted octanol–water partition coefficient (Wildman–Crippen LogP) is 15.0. The van der Waals surface area contributed by atoms with E-state index >= 15 is 0 Å². The van der Waals surface area contributed by atoms with Gasteiger partial charge in [-0.15, -0.1) is 0 Å². The molecule has 0 bridgehead atoms. The molecule has 0 aromatic heterocycles. The molecule has 0 spiro atoms. The van der Waals surface area contributed by atoms with E-state index in [2.05, 4.69) is 127 Å². The van der Waals surface area contributed by atoms with Crippen LogP contribution in [0.4, 0.5) is 4.39 Å². The number of rotatable bonds is 16. The molecule has 0 N–H and O–H groups in total. The molecule has 3 aliphatic rings. The summed E-state index contributed by atoms with van der Waals surface area (Å²) >= 11 is 0. The maximum Gasteiger partial charge on any atom is 0.192 e. The maximum absolute atomic E-state index is 13.5. The van der Waals surface area contributed by atoms with Crippen molar-refractivity contribution in [2.75, 3.05) is 6.67 Å². The van der Waals surface area contributed by atoms with Crippen molar-refractivity contribution in [3.63, 3.8) is 0 Å². The minimum atomic E-state index is -2.14. The molecule has 7 atom stereocenters. The molecule has 0 aliphatic heterocycles. The SMILES string of the molecule is C=C1/C(=C\C=C2/CCC[C@]3(C)[C@@H]([C@H](C)CCCC(C)(C)O[Si](C)(C)C)CC[C@@H]23)C[C@H](O[Si](C)(C)C(C)(C)C)[C@@H](CCCCF)[C@H]1O[Si](C)(C)C(C)(C)C. The van der Waals surface area contributed by atoms with Crippen LogP contribution in [-0.2, 0) is 13.3 Å². The second-order valence-corrected chi connectivity index (χ2v) is 36.6. The number of alkyl halides is 1. The van der Waals surface area contributed by atoms with E-state index < -0.39 is 25.0 Å². The first kappa shape index (κ1) is 47.1. The predicted molar refractivity (Wildman–Crippen MR) is 237 cm³/mol. The molecule has 7 heteroatoms. The summed E-state index contributed by atoms with van der Waals surface area (Å²) in [6, 6.07) is 0. The zero-order valence-corrected chi connectivity index (χ0v) is 41.1. The van der Waals surface area contributed by atoms with Crippen molar-refractivity contribution in [3.8, 4) is 0 Å². The molecule has 3 saturated carbocycles. The Morgan fingerprint density at radius 1 is 0.868 bits per heavy atom. The first-order valence-corrected chi connectivity index (χ1v) is 31.0. The van der Waals surface area contributed by atoms with Gasteiger partial charge in [-0.3, -0.25) is 4.39 Å². The number of allylic oxidation sites excluding steroid dienone is 3. The first-order chi connectivity index (χ1) is 24.1. The Morgan fingerprint density at radius 3 is 2.04 bits per heavy atom. The Labute approximate surface area is 332 Å². The lowest BCUT2D eigenvalue weighted by Gasteiger charge is -2.49. The molecule has 0 unspecified atom stereocenters. The lowest BCUT2D eigenvalue weighted by atomic mass is 9.60. The highest BCUT2D eigenvalue weighted by Gasteiger charge is 2.51. The number of fused-ring (bicyclic) bond motifs is 1. The molecule has 3 nitrogen and oxygen atoms in total. The summed E-state index contributed by atoms with van der Waals surface area (Å²) in [7, 11) is -5.78. The van der Waals surface area contributed by atoms with Gasteiger partial charge in [-0.05, 0) is 162 Å². The summed E-state index contributed by atoms with van der Waals surface area (Å²) in [5, 5.41) is 0.184. The van der Waals surface area contributed by atoms with Gasteiger partial charge in [-0.1, -0.05) is 99.0 Å². The van der Waals surface area contributed by atoms with Crippen LogP contribution < -0.4 is 0 Å². The van der Waals surface area contributed by atoms with Crippen molar-refractivity contribution < 1.29 is 17.7 Å². The van der Waals surface area contributed by atoms with Gasteiger partial charge in [0.15, 0.2) is 25.0 Å². The monoisotopic (exact) mass is 791 g/mol. The third-order valence-corrected chi connectivity index (χ3v) is 24.8. The average Bonchev–Trinajstić information content (AvgIpc) is 3.34. The van der Waals surface area contributed by atoms with E-state index in [1.165, 1.54) is 50.5 Å². The molecule has 3 rings (SSSR count). The largest absolute Gasteiger partial charge is 0.413 e. The fraction of sp³-hybridized carbons (Fsp3) is 0.870. The number of halogens is 1. The molecule has 0 saturated heterocycles. The van der Waals surface area contributed by atoms with Crippen LogP contribution in [0.5, 0.6) is 0 Å². The molecule has 53 heavy (non-hydrogen) atoms. The molecular weight excluding hydrogens is 704 g/mol. The van der Waals surface area contributed by atoms with E-state index in [9.17, 15) is 4.39 Å². The van der Waals surface area contributed by atoms with Gasteiger partial charge in [-0.2, -0.15) is 0 Å². The van der Waals surface area contributed by atoms with Gasteiger partial charge in [0, 0.05) is 5.92 Å². The summed E-state index contributed by atoms with van der Waals surface area (Å²) in [5.41, 5.74) is 4.46. The summed E-state index contributed by atoms with van der Waals surface area (Å²) in [5.74, 6) is 2.37. The topological polar surface area (TPSA) is 27.7 Å². The van der Waals surface area contributed by atoms with Gasteiger partial charge in [-0.25, -0.2) is 0 Å². The number of hydrogen-bond donors (Lipinski definition) is 0. The van der Waals surface area contributed by atoms with Gasteiger partial charge < -0.3 is 13.3 Å². The normalized spacial score (nSPS) is 30.3. The fourth-order valence-electron chi connectivity index (χ4n) is 9.81. The molecule has 0 radical (unpaired) electrons. The van der Waals surface area contributed by atoms with E-state index in [-0.39, 0.29) is 40.5 Å². The Balaban J connectivity index is 1.93. The van der Waals surface area contributed by atoms with Crippen LogP contribution in [0, 0.1) is 29.1 Å². The van der Waals surface area contributed by atoms with Crippen LogP contribution in [-0.4, -0.2) is 49.4 Å². The molecule has 0 amide bonds. The van der Waals surface area contributed by atoms with Gasteiger partial charge in [0.25, 0.3) is 0 Å². The van der Waals surface area contributed by atoms with E-state index in [1.54, 1.807) is 5.57 Å². The third kappa shape index (κ3) is 12.1. The quantitative estimate of drug-likeness (QED) is 0.115. The molecular formula is C46H87FO3Si3. The molecule has 3 fully saturated rings. The zero-order chi connectivity index (χ0) is 40.4. The Bertz CT molecular complexity index is 1280. The van der Waals surface area contributed by atoms with Gasteiger partial charge >= 0.3 is 0 Å². The lowest BCUT2D eigenvalue weighted by Crippen LogP contribution is -2.53. The molecule has 3 aliphatic carbocycles. The van der Waals surface area contributed by atoms with Crippen LogP contribution in [0.1, 0.15) is 146 Å². The minimum absolute atomic E-state index is 0.0262. The van der Waals surface area contributed by atoms with Crippen LogP contribution in [0.2, 0.25) is 55.9 Å². The highest BCUT2D eigenvalue weighted by molar-refractivity contribution is 6.74. The zero-order valence-electron chi connectivity index (χ0n) is 38.1. The van der Waals surface area contributed by atoms with Crippen LogP contribution >= 0.6 is 0 Å². The van der Waals surface area contributed by atoms with Crippen molar-refractivity contribution in [1.82, 2.24) is 0 Å². The Morgan fingerprint density at radius 2 is 1.47 bits per heavy atom. The summed E-state index contributed by atoms with van der Waals surface area (Å²) in [4.78, 5) is 0. The van der Waals surface area contributed by atoms with Crippen LogP contribution in [0.3, 0.4) is 0 Å². The first-order valence-electron chi connectivity index (χ1n) is 21.8. The Kier molecular flexibility index (Phi) is 15.7. The number of hydrogen-bond acceptors (Lipinski definition) is 3. The van der Waals surface area contributed by atoms with E-state index in [0.29, 0.717) is 17.8 Å². The standard InChI is InChI=1S/C46H87FO3Si3/c1-34(23-21-30-45(9,10)50-51(12,13)14)39-28-29-40-36(24-22-31-46(39,40)11)26-27-37-33-41(48-52(15,16)43(3,4)5)38(25-19-20-32-47)42(35(37)2)49-53(17,18)44(6,7)8/h26-27,34,38-42H,2,19-25,28-33H2,1,3-18H3/b36-26+,37-27-/t34-,38-,39-,40+,41+,42+,46-/m1/s1. The minimum Gasteiger partial charge on any atom is -0.413 e. The van der Waals surface area contributed by atoms with Crippen molar-refractivity contribution in [1.29, 1.82) is 0 Å². The highest BCUT2D eigenvalue weighted by atomic mass is 28.4. The van der Waals surface area contributed by atoms with Crippen LogP contribution in [0.15, 0.2) is 35.5 Å². The number of unbranched alkanes of at least 4 members (excludes halogenated alkanes) is 1. The fourth-order valence-corrected chi connectivity index (χ4v) is 14.2. The van der Waals surface area contributed by atoms with Crippen molar-refractivity contribution in [2.45, 2.75) is 220 Å².